The first kappa shape index (κ1) is 21.8. The molecule has 2 saturated heterocycles. The Morgan fingerprint density at radius 3 is 2.63 bits per heavy atom. The number of nitrogens with zero attached hydrogens (tertiary/aromatic N) is 2. The fourth-order valence-electron chi connectivity index (χ4n) is 4.05. The van der Waals surface area contributed by atoms with Gasteiger partial charge in [0, 0.05) is 6.54 Å². The number of carbonyl (C=O) groups excluding carboxylic acids is 4. The fourth-order valence-corrected chi connectivity index (χ4v) is 4.05. The van der Waals surface area contributed by atoms with Gasteiger partial charge in [0.05, 0.1) is 19.1 Å². The largest absolute Gasteiger partial charge is 0.466 e. The zero-order valence-electron chi connectivity index (χ0n) is 17.3. The normalized spacial score (nSPS) is 24.5. The van der Waals surface area contributed by atoms with Gasteiger partial charge in [-0.15, -0.1) is 0 Å². The molecule has 2 N–H and O–H groups in total. The molecule has 1 aromatic rings. The van der Waals surface area contributed by atoms with E-state index in [0.717, 1.165) is 17.9 Å². The van der Waals surface area contributed by atoms with E-state index >= 15 is 0 Å². The van der Waals surface area contributed by atoms with E-state index in [1.165, 1.54) is 0 Å². The Bertz CT molecular complexity index is 815. The Labute approximate surface area is 175 Å². The lowest BCUT2D eigenvalue weighted by Crippen LogP contribution is -2.52. The molecule has 0 radical (unpaired) electrons. The van der Waals surface area contributed by atoms with Gasteiger partial charge < -0.3 is 10.1 Å². The summed E-state index contributed by atoms with van der Waals surface area (Å²) >= 11 is 0. The van der Waals surface area contributed by atoms with Crippen molar-refractivity contribution in [2.75, 3.05) is 26.2 Å². The van der Waals surface area contributed by atoms with Crippen molar-refractivity contribution in [2.45, 2.75) is 38.6 Å². The number of imide groups is 1. The van der Waals surface area contributed by atoms with E-state index in [1.807, 2.05) is 11.0 Å². The third-order valence-corrected chi connectivity index (χ3v) is 5.62. The number of hydrogen-bond donors (Lipinski definition) is 2. The summed E-state index contributed by atoms with van der Waals surface area (Å²) in [6.07, 6.45) is 1.84. The molecule has 0 spiro atoms. The Morgan fingerprint density at radius 1 is 1.23 bits per heavy atom. The number of hydrogen-bond acceptors (Lipinski definition) is 6. The van der Waals surface area contributed by atoms with Crippen LogP contribution in [0.1, 0.15) is 38.7 Å². The van der Waals surface area contributed by atoms with Crippen molar-refractivity contribution in [1.29, 1.82) is 0 Å². The highest BCUT2D eigenvalue weighted by Crippen LogP contribution is 2.31. The van der Waals surface area contributed by atoms with Crippen LogP contribution < -0.4 is 10.7 Å². The Balaban J connectivity index is 1.63. The van der Waals surface area contributed by atoms with Gasteiger partial charge in [-0.1, -0.05) is 37.3 Å². The highest BCUT2D eigenvalue weighted by atomic mass is 16.5. The third-order valence-electron chi connectivity index (χ3n) is 5.62. The predicted octanol–water partition coefficient (Wildman–Crippen LogP) is 1.15. The van der Waals surface area contributed by atoms with E-state index in [4.69, 9.17) is 4.74 Å². The number of rotatable bonds is 7. The number of likely N-dealkylation sites (tertiary alicyclic amines) is 1. The van der Waals surface area contributed by atoms with Gasteiger partial charge in [-0.05, 0) is 38.3 Å². The molecule has 0 aliphatic carbocycles. The fraction of sp³-hybridized carbons (Fsp3) is 0.524. The van der Waals surface area contributed by atoms with Crippen LogP contribution in [0.4, 0.5) is 4.79 Å². The number of amides is 4. The minimum Gasteiger partial charge on any atom is -0.466 e. The second-order valence-electron chi connectivity index (χ2n) is 7.56. The van der Waals surface area contributed by atoms with Crippen LogP contribution in [0.25, 0.3) is 0 Å². The van der Waals surface area contributed by atoms with E-state index in [1.54, 1.807) is 38.1 Å². The molecule has 3 rings (SSSR count). The lowest BCUT2D eigenvalue weighted by atomic mass is 9.87. The van der Waals surface area contributed by atoms with Gasteiger partial charge in [0.15, 0.2) is 0 Å². The average molecular weight is 416 g/mol. The van der Waals surface area contributed by atoms with Gasteiger partial charge in [-0.3, -0.25) is 24.7 Å². The van der Waals surface area contributed by atoms with Crippen LogP contribution in [0.2, 0.25) is 0 Å². The molecule has 1 aromatic carbocycles. The molecule has 4 amide bonds. The lowest BCUT2D eigenvalue weighted by Gasteiger charge is -2.31. The maximum absolute atomic E-state index is 13.1. The molecule has 2 aliphatic rings. The van der Waals surface area contributed by atoms with Crippen molar-refractivity contribution >= 4 is 23.8 Å². The highest BCUT2D eigenvalue weighted by molar-refractivity contribution is 6.08. The number of nitrogens with one attached hydrogen (secondary N) is 2. The molecule has 30 heavy (non-hydrogen) atoms. The molecular weight excluding hydrogens is 388 g/mol. The number of hydrazine groups is 1. The van der Waals surface area contributed by atoms with E-state index in [2.05, 4.69) is 10.7 Å². The Morgan fingerprint density at radius 2 is 1.97 bits per heavy atom. The van der Waals surface area contributed by atoms with Crippen molar-refractivity contribution < 1.29 is 23.9 Å². The second kappa shape index (κ2) is 9.25. The van der Waals surface area contributed by atoms with E-state index in [0.29, 0.717) is 31.7 Å². The van der Waals surface area contributed by atoms with Crippen molar-refractivity contribution in [3.63, 3.8) is 0 Å². The summed E-state index contributed by atoms with van der Waals surface area (Å²) in [6, 6.07) is 8.30. The first-order chi connectivity index (χ1) is 14.4. The van der Waals surface area contributed by atoms with Gasteiger partial charge in [-0.2, -0.15) is 5.01 Å². The predicted molar refractivity (Wildman–Crippen MR) is 108 cm³/mol. The number of urea groups is 1. The van der Waals surface area contributed by atoms with Gasteiger partial charge >= 0.3 is 12.0 Å². The smallest absolute Gasteiger partial charge is 0.344 e. The van der Waals surface area contributed by atoms with Crippen LogP contribution in [0.15, 0.2) is 30.3 Å². The summed E-state index contributed by atoms with van der Waals surface area (Å²) in [6.45, 7) is 4.94. The average Bonchev–Trinajstić information content (AvgIpc) is 3.00. The van der Waals surface area contributed by atoms with E-state index in [9.17, 15) is 19.2 Å². The highest BCUT2D eigenvalue weighted by Gasteiger charge is 2.52. The number of piperidine rings is 1. The van der Waals surface area contributed by atoms with Crippen molar-refractivity contribution in [1.82, 2.24) is 20.7 Å². The van der Waals surface area contributed by atoms with Crippen LogP contribution in [-0.4, -0.2) is 60.0 Å². The van der Waals surface area contributed by atoms with Crippen LogP contribution in [0.3, 0.4) is 0 Å². The zero-order valence-corrected chi connectivity index (χ0v) is 17.3. The van der Waals surface area contributed by atoms with E-state index < -0.39 is 23.4 Å². The summed E-state index contributed by atoms with van der Waals surface area (Å²) in [7, 11) is 0. The molecule has 9 nitrogen and oxygen atoms in total. The summed E-state index contributed by atoms with van der Waals surface area (Å²) < 4.78 is 5.08. The van der Waals surface area contributed by atoms with Crippen LogP contribution in [-0.2, 0) is 24.7 Å². The minimum atomic E-state index is -1.20. The molecule has 2 aliphatic heterocycles. The molecule has 0 aromatic heterocycles. The quantitative estimate of drug-likeness (QED) is 0.510. The number of carbonyl (C=O) groups is 4. The van der Waals surface area contributed by atoms with E-state index in [-0.39, 0.29) is 18.4 Å². The maximum Gasteiger partial charge on any atom is 0.344 e. The van der Waals surface area contributed by atoms with Crippen molar-refractivity contribution in [3.8, 4) is 0 Å². The van der Waals surface area contributed by atoms with Gasteiger partial charge in [-0.25, -0.2) is 4.79 Å². The molecule has 162 valence electrons. The second-order valence-corrected chi connectivity index (χ2v) is 7.56. The Kier molecular flexibility index (Phi) is 6.71. The summed E-state index contributed by atoms with van der Waals surface area (Å²) in [5.41, 5.74) is 1.89. The van der Waals surface area contributed by atoms with Gasteiger partial charge in [0.25, 0.3) is 11.8 Å². The van der Waals surface area contributed by atoms with Crippen LogP contribution in [0, 0.1) is 5.92 Å². The molecular formula is C21H28N4O5. The SMILES string of the molecule is CCOC(=O)C1CCCN(CC(=O)NN2C(=O)NC(CC)(c3ccccc3)C2=O)C1. The standard InChI is InChI=1S/C21H28N4O5/c1-3-21(16-10-6-5-7-11-16)19(28)25(20(29)22-21)23-17(26)14-24-12-8-9-15(13-24)18(27)30-4-2/h5-7,10-11,15H,3-4,8-9,12-14H2,1-2H3,(H,22,29)(H,23,26). The van der Waals surface area contributed by atoms with Gasteiger partial charge in [0.2, 0.25) is 0 Å². The summed E-state index contributed by atoms with van der Waals surface area (Å²) in [4.78, 5) is 51.9. The first-order valence-electron chi connectivity index (χ1n) is 10.3. The molecule has 2 unspecified atom stereocenters. The van der Waals surface area contributed by atoms with Gasteiger partial charge in [0.1, 0.15) is 5.54 Å². The number of esters is 1. The third kappa shape index (κ3) is 4.30. The van der Waals surface area contributed by atoms with Crippen molar-refractivity contribution in [3.05, 3.63) is 35.9 Å². The van der Waals surface area contributed by atoms with Crippen molar-refractivity contribution in [2.24, 2.45) is 5.92 Å². The number of ether oxygens (including phenoxy) is 1. The molecule has 2 heterocycles. The molecule has 2 atom stereocenters. The molecule has 9 heteroatoms. The lowest BCUT2D eigenvalue weighted by molar-refractivity contribution is -0.150. The maximum atomic E-state index is 13.1. The first-order valence-corrected chi connectivity index (χ1v) is 10.3. The minimum absolute atomic E-state index is 0.0164. The number of benzene rings is 1. The summed E-state index contributed by atoms with van der Waals surface area (Å²) in [5.74, 6) is -1.53. The topological polar surface area (TPSA) is 108 Å². The zero-order chi connectivity index (χ0) is 21.7. The molecule has 0 bridgehead atoms. The molecule has 0 saturated carbocycles. The monoisotopic (exact) mass is 416 g/mol. The van der Waals surface area contributed by atoms with Crippen LogP contribution >= 0.6 is 0 Å². The summed E-state index contributed by atoms with van der Waals surface area (Å²) in [5, 5.41) is 3.48. The Hall–Kier alpha value is -2.94. The molecule has 2 fully saturated rings. The van der Waals surface area contributed by atoms with Crippen LogP contribution in [0.5, 0.6) is 0 Å².